The van der Waals surface area contributed by atoms with E-state index in [1.54, 1.807) is 0 Å². The lowest BCUT2D eigenvalue weighted by Crippen LogP contribution is -2.21. The van der Waals surface area contributed by atoms with E-state index in [1.165, 1.54) is 0 Å². The summed E-state index contributed by atoms with van der Waals surface area (Å²) in [6, 6.07) is 0. The Bertz CT molecular complexity index is 454. The van der Waals surface area contributed by atoms with E-state index < -0.39 is 0 Å². The molecule has 120 valence electrons. The highest BCUT2D eigenvalue weighted by molar-refractivity contribution is 5.57. The van der Waals surface area contributed by atoms with Crippen molar-refractivity contribution in [2.45, 2.75) is 65.9 Å². The summed E-state index contributed by atoms with van der Waals surface area (Å²) in [6.45, 7) is 13.9. The van der Waals surface area contributed by atoms with Gasteiger partial charge < -0.3 is 15.7 Å². The molecule has 3 N–H and O–H groups in total. The molecule has 0 amide bonds. The second kappa shape index (κ2) is 7.59. The van der Waals surface area contributed by atoms with E-state index in [2.05, 4.69) is 48.3 Å². The highest BCUT2D eigenvalue weighted by atomic mass is 16.3. The molecular weight excluding hydrogens is 264 g/mol. The largest absolute Gasteiger partial charge is 0.393 e. The van der Waals surface area contributed by atoms with Gasteiger partial charge in [-0.15, -0.1) is 0 Å². The molecule has 1 unspecified atom stereocenters. The lowest BCUT2D eigenvalue weighted by Gasteiger charge is -2.21. The number of nitrogens with zero attached hydrogens (tertiary/aromatic N) is 2. The topological polar surface area (TPSA) is 70.1 Å². The summed E-state index contributed by atoms with van der Waals surface area (Å²) in [5, 5.41) is 16.3. The molecule has 21 heavy (non-hydrogen) atoms. The molecule has 0 bridgehead atoms. The van der Waals surface area contributed by atoms with E-state index in [1.807, 2.05) is 13.8 Å². The summed E-state index contributed by atoms with van der Waals surface area (Å²) in [6.07, 6.45) is 1.25. The predicted octanol–water partition coefficient (Wildman–Crippen LogP) is 3.09. The number of rotatable bonds is 7. The summed E-state index contributed by atoms with van der Waals surface area (Å²) in [5.74, 6) is 2.56. The van der Waals surface area contributed by atoms with Gasteiger partial charge in [0.1, 0.15) is 17.5 Å². The van der Waals surface area contributed by atoms with Gasteiger partial charge in [-0.1, -0.05) is 27.7 Å². The standard InChI is InChI=1S/C16H30N4O/c1-7-12(21)9-10-18-14-11(3)13(17-8-2)19-15(20-14)16(4,5)6/h12,21H,7-10H2,1-6H3,(H2,17,18,19,20). The first-order chi connectivity index (χ1) is 9.79. The lowest BCUT2D eigenvalue weighted by atomic mass is 9.95. The van der Waals surface area contributed by atoms with Crippen LogP contribution in [0.5, 0.6) is 0 Å². The fraction of sp³-hybridized carbons (Fsp3) is 0.750. The predicted molar refractivity (Wildman–Crippen MR) is 89.0 cm³/mol. The van der Waals surface area contributed by atoms with Gasteiger partial charge in [-0.05, 0) is 26.7 Å². The first-order valence-corrected chi connectivity index (χ1v) is 7.84. The minimum Gasteiger partial charge on any atom is -0.393 e. The number of aromatic nitrogens is 2. The molecule has 5 nitrogen and oxygen atoms in total. The third-order valence-corrected chi connectivity index (χ3v) is 3.40. The quantitative estimate of drug-likeness (QED) is 0.721. The Hall–Kier alpha value is -1.36. The van der Waals surface area contributed by atoms with Gasteiger partial charge in [0.2, 0.25) is 0 Å². The molecule has 1 rings (SSSR count). The van der Waals surface area contributed by atoms with Gasteiger partial charge >= 0.3 is 0 Å². The molecule has 0 aromatic carbocycles. The van der Waals surface area contributed by atoms with Gasteiger partial charge in [0.25, 0.3) is 0 Å². The number of hydrogen-bond acceptors (Lipinski definition) is 5. The Morgan fingerprint density at radius 1 is 1.10 bits per heavy atom. The third kappa shape index (κ3) is 5.16. The number of anilines is 2. The number of aliphatic hydroxyl groups excluding tert-OH is 1. The molecule has 0 aliphatic heterocycles. The SMILES string of the molecule is CCNc1nc(C(C)(C)C)nc(NCCC(O)CC)c1C. The highest BCUT2D eigenvalue weighted by Crippen LogP contribution is 2.26. The molecule has 0 fully saturated rings. The second-order valence-corrected chi connectivity index (χ2v) is 6.43. The Labute approximate surface area is 128 Å². The molecule has 0 spiro atoms. The van der Waals surface area contributed by atoms with Crippen molar-refractivity contribution in [3.63, 3.8) is 0 Å². The molecular formula is C16H30N4O. The average Bonchev–Trinajstić information content (AvgIpc) is 2.41. The highest BCUT2D eigenvalue weighted by Gasteiger charge is 2.21. The zero-order chi connectivity index (χ0) is 16.0. The molecule has 1 aromatic heterocycles. The van der Waals surface area contributed by atoms with Crippen LogP contribution in [0, 0.1) is 6.92 Å². The lowest BCUT2D eigenvalue weighted by molar-refractivity contribution is 0.164. The van der Waals surface area contributed by atoms with Crippen LogP contribution in [0.2, 0.25) is 0 Å². The maximum Gasteiger partial charge on any atom is 0.138 e. The van der Waals surface area contributed by atoms with Crippen LogP contribution >= 0.6 is 0 Å². The van der Waals surface area contributed by atoms with Crippen LogP contribution in [0.15, 0.2) is 0 Å². The van der Waals surface area contributed by atoms with Gasteiger partial charge in [-0.25, -0.2) is 9.97 Å². The summed E-state index contributed by atoms with van der Waals surface area (Å²) < 4.78 is 0. The Morgan fingerprint density at radius 2 is 1.67 bits per heavy atom. The molecule has 0 aliphatic rings. The van der Waals surface area contributed by atoms with E-state index in [0.717, 1.165) is 42.4 Å². The van der Waals surface area contributed by atoms with Crippen LogP contribution in [-0.2, 0) is 5.41 Å². The first kappa shape index (κ1) is 17.7. The van der Waals surface area contributed by atoms with Gasteiger partial charge in [0.05, 0.1) is 6.10 Å². The van der Waals surface area contributed by atoms with Gasteiger partial charge in [-0.2, -0.15) is 0 Å². The average molecular weight is 294 g/mol. The molecule has 1 heterocycles. The summed E-state index contributed by atoms with van der Waals surface area (Å²) >= 11 is 0. The van der Waals surface area contributed by atoms with E-state index in [-0.39, 0.29) is 11.5 Å². The van der Waals surface area contributed by atoms with E-state index in [0.29, 0.717) is 6.54 Å². The maximum atomic E-state index is 9.64. The Kier molecular flexibility index (Phi) is 6.40. The molecule has 0 radical (unpaired) electrons. The van der Waals surface area contributed by atoms with Gasteiger partial charge in [0.15, 0.2) is 0 Å². The zero-order valence-corrected chi connectivity index (χ0v) is 14.2. The third-order valence-electron chi connectivity index (χ3n) is 3.40. The van der Waals surface area contributed by atoms with Crippen LogP contribution in [0.1, 0.15) is 58.8 Å². The number of aliphatic hydroxyl groups is 1. The van der Waals surface area contributed by atoms with Crippen LogP contribution in [0.4, 0.5) is 11.6 Å². The van der Waals surface area contributed by atoms with Gasteiger partial charge in [0, 0.05) is 24.1 Å². The Morgan fingerprint density at radius 3 is 2.14 bits per heavy atom. The van der Waals surface area contributed by atoms with Crippen LogP contribution < -0.4 is 10.6 Å². The minimum absolute atomic E-state index is 0.1000. The molecule has 1 aromatic rings. The fourth-order valence-corrected chi connectivity index (χ4v) is 1.93. The van der Waals surface area contributed by atoms with E-state index in [4.69, 9.17) is 0 Å². The fourth-order valence-electron chi connectivity index (χ4n) is 1.93. The second-order valence-electron chi connectivity index (χ2n) is 6.43. The van der Waals surface area contributed by atoms with Crippen molar-refractivity contribution in [1.82, 2.24) is 9.97 Å². The first-order valence-electron chi connectivity index (χ1n) is 7.84. The Balaban J connectivity index is 2.97. The van der Waals surface area contributed by atoms with Crippen molar-refractivity contribution in [2.75, 3.05) is 23.7 Å². The van der Waals surface area contributed by atoms with Crippen LogP contribution in [-0.4, -0.2) is 34.3 Å². The van der Waals surface area contributed by atoms with Crippen molar-refractivity contribution < 1.29 is 5.11 Å². The smallest absolute Gasteiger partial charge is 0.138 e. The van der Waals surface area contributed by atoms with Crippen LogP contribution in [0.3, 0.4) is 0 Å². The maximum absolute atomic E-state index is 9.64. The van der Waals surface area contributed by atoms with Crippen molar-refractivity contribution >= 4 is 11.6 Å². The summed E-state index contributed by atoms with van der Waals surface area (Å²) in [7, 11) is 0. The normalized spacial score (nSPS) is 13.1. The summed E-state index contributed by atoms with van der Waals surface area (Å²) in [4.78, 5) is 9.31. The van der Waals surface area contributed by atoms with Crippen LogP contribution in [0.25, 0.3) is 0 Å². The molecule has 0 saturated carbocycles. The molecule has 1 atom stereocenters. The van der Waals surface area contributed by atoms with Crippen molar-refractivity contribution in [1.29, 1.82) is 0 Å². The van der Waals surface area contributed by atoms with Crippen molar-refractivity contribution in [2.24, 2.45) is 0 Å². The minimum atomic E-state index is -0.255. The number of nitrogens with one attached hydrogen (secondary N) is 2. The van der Waals surface area contributed by atoms with E-state index >= 15 is 0 Å². The van der Waals surface area contributed by atoms with Gasteiger partial charge in [-0.3, -0.25) is 0 Å². The monoisotopic (exact) mass is 294 g/mol. The molecule has 5 heteroatoms. The molecule has 0 saturated heterocycles. The zero-order valence-electron chi connectivity index (χ0n) is 14.2. The number of hydrogen-bond donors (Lipinski definition) is 3. The van der Waals surface area contributed by atoms with Crippen molar-refractivity contribution in [3.05, 3.63) is 11.4 Å². The van der Waals surface area contributed by atoms with Crippen molar-refractivity contribution in [3.8, 4) is 0 Å². The van der Waals surface area contributed by atoms with E-state index in [9.17, 15) is 5.11 Å². The summed E-state index contributed by atoms with van der Waals surface area (Å²) in [5.41, 5.74) is 0.924. The molecule has 0 aliphatic carbocycles.